The molecule has 0 aromatic heterocycles. The third-order valence-electron chi connectivity index (χ3n) is 5.93. The monoisotopic (exact) mass is 456 g/mol. The number of imide groups is 1. The molecule has 3 aromatic carbocycles. The SMILES string of the molecule is CCN(C1=C(c2ccc(C)cc2)C(=O)N(Cc2ccc(OC)c(OC)c2)C1=O)c1ccccc1. The van der Waals surface area contributed by atoms with Crippen molar-refractivity contribution in [3.05, 3.63) is 95.2 Å². The summed E-state index contributed by atoms with van der Waals surface area (Å²) in [6, 6.07) is 22.8. The number of hydrogen-bond acceptors (Lipinski definition) is 5. The fraction of sp³-hybridized carbons (Fsp3) is 0.214. The number of nitrogens with zero attached hydrogens (tertiary/aromatic N) is 2. The summed E-state index contributed by atoms with van der Waals surface area (Å²) >= 11 is 0. The number of aryl methyl sites for hydroxylation is 1. The number of carbonyl (C=O) groups excluding carboxylic acids is 2. The molecule has 2 amide bonds. The molecular formula is C28H28N2O4. The van der Waals surface area contributed by atoms with Crippen LogP contribution in [0.2, 0.25) is 0 Å². The van der Waals surface area contributed by atoms with E-state index in [1.807, 2.05) is 79.4 Å². The van der Waals surface area contributed by atoms with Crippen LogP contribution < -0.4 is 14.4 Å². The summed E-state index contributed by atoms with van der Waals surface area (Å²) in [5.74, 6) is 0.505. The Morgan fingerprint density at radius 2 is 1.50 bits per heavy atom. The first kappa shape index (κ1) is 23.1. The van der Waals surface area contributed by atoms with Crippen molar-refractivity contribution in [1.29, 1.82) is 0 Å². The number of rotatable bonds is 8. The van der Waals surface area contributed by atoms with Crippen LogP contribution in [0, 0.1) is 6.92 Å². The summed E-state index contributed by atoms with van der Waals surface area (Å²) in [5, 5.41) is 0. The molecule has 34 heavy (non-hydrogen) atoms. The molecule has 1 aliphatic heterocycles. The van der Waals surface area contributed by atoms with E-state index in [9.17, 15) is 9.59 Å². The van der Waals surface area contributed by atoms with Gasteiger partial charge >= 0.3 is 0 Å². The lowest BCUT2D eigenvalue weighted by atomic mass is 10.0. The lowest BCUT2D eigenvalue weighted by molar-refractivity contribution is -0.137. The number of likely N-dealkylation sites (N-methyl/N-ethyl adjacent to an activating group) is 1. The standard InChI is InChI=1S/C28H28N2O4/c1-5-29(22-9-7-6-8-10-22)26-25(21-14-11-19(2)12-15-21)27(31)30(28(26)32)18-20-13-16-23(33-3)24(17-20)34-4/h6-17H,5,18H2,1-4H3. The van der Waals surface area contributed by atoms with E-state index in [1.54, 1.807) is 26.4 Å². The van der Waals surface area contributed by atoms with E-state index in [0.29, 0.717) is 29.3 Å². The normalized spacial score (nSPS) is 13.5. The maximum atomic E-state index is 13.8. The van der Waals surface area contributed by atoms with Crippen LogP contribution in [0.4, 0.5) is 5.69 Å². The quantitative estimate of drug-likeness (QED) is 0.455. The van der Waals surface area contributed by atoms with Crippen LogP contribution in [0.5, 0.6) is 11.5 Å². The lowest BCUT2D eigenvalue weighted by Gasteiger charge is -2.25. The highest BCUT2D eigenvalue weighted by molar-refractivity contribution is 6.36. The molecule has 0 radical (unpaired) electrons. The first-order valence-corrected chi connectivity index (χ1v) is 11.2. The predicted molar refractivity (Wildman–Crippen MR) is 133 cm³/mol. The van der Waals surface area contributed by atoms with E-state index < -0.39 is 0 Å². The van der Waals surface area contributed by atoms with Gasteiger partial charge in [-0.2, -0.15) is 0 Å². The van der Waals surface area contributed by atoms with Crippen LogP contribution >= 0.6 is 0 Å². The number of para-hydroxylation sites is 1. The van der Waals surface area contributed by atoms with E-state index in [1.165, 1.54) is 4.90 Å². The highest BCUT2D eigenvalue weighted by Gasteiger charge is 2.41. The highest BCUT2D eigenvalue weighted by atomic mass is 16.5. The van der Waals surface area contributed by atoms with Gasteiger partial charge in [0.15, 0.2) is 11.5 Å². The van der Waals surface area contributed by atoms with E-state index in [4.69, 9.17) is 9.47 Å². The molecule has 0 aliphatic carbocycles. The van der Waals surface area contributed by atoms with Crippen molar-refractivity contribution in [1.82, 2.24) is 4.90 Å². The molecule has 0 fully saturated rings. The second-order valence-corrected chi connectivity index (χ2v) is 8.06. The summed E-state index contributed by atoms with van der Waals surface area (Å²) in [6.45, 7) is 4.63. The van der Waals surface area contributed by atoms with E-state index in [0.717, 1.165) is 22.4 Å². The second-order valence-electron chi connectivity index (χ2n) is 8.06. The Kier molecular flexibility index (Phi) is 6.68. The van der Waals surface area contributed by atoms with Gasteiger partial charge in [0.25, 0.3) is 11.8 Å². The molecule has 0 spiro atoms. The second kappa shape index (κ2) is 9.83. The molecule has 0 atom stereocenters. The largest absolute Gasteiger partial charge is 0.493 e. The van der Waals surface area contributed by atoms with Gasteiger partial charge in [-0.3, -0.25) is 14.5 Å². The number of amides is 2. The van der Waals surface area contributed by atoms with Crippen molar-refractivity contribution in [2.75, 3.05) is 25.7 Å². The third-order valence-corrected chi connectivity index (χ3v) is 5.93. The smallest absolute Gasteiger partial charge is 0.278 e. The number of anilines is 1. The molecular weight excluding hydrogens is 428 g/mol. The summed E-state index contributed by atoms with van der Waals surface area (Å²) in [4.78, 5) is 30.7. The van der Waals surface area contributed by atoms with Crippen LogP contribution in [0.25, 0.3) is 5.57 Å². The number of ether oxygens (including phenoxy) is 2. The minimum atomic E-state index is -0.318. The maximum absolute atomic E-state index is 13.8. The zero-order chi connectivity index (χ0) is 24.2. The third kappa shape index (κ3) is 4.27. The van der Waals surface area contributed by atoms with Gasteiger partial charge in [0.05, 0.1) is 26.3 Å². The summed E-state index contributed by atoms with van der Waals surface area (Å²) in [5.41, 5.74) is 4.24. The molecule has 0 unspecified atom stereocenters. The molecule has 6 heteroatoms. The van der Waals surface area contributed by atoms with Crippen molar-refractivity contribution in [3.8, 4) is 11.5 Å². The molecule has 0 N–H and O–H groups in total. The lowest BCUT2D eigenvalue weighted by Crippen LogP contribution is -2.34. The van der Waals surface area contributed by atoms with Crippen molar-refractivity contribution in [2.24, 2.45) is 0 Å². The zero-order valence-corrected chi connectivity index (χ0v) is 19.9. The average Bonchev–Trinajstić information content (AvgIpc) is 3.10. The van der Waals surface area contributed by atoms with Crippen LogP contribution in [-0.2, 0) is 16.1 Å². The summed E-state index contributed by atoms with van der Waals surface area (Å²) < 4.78 is 10.7. The summed E-state index contributed by atoms with van der Waals surface area (Å²) in [7, 11) is 3.12. The first-order valence-electron chi connectivity index (χ1n) is 11.2. The molecule has 174 valence electrons. The Labute approximate surface area is 200 Å². The predicted octanol–water partition coefficient (Wildman–Crippen LogP) is 4.82. The van der Waals surface area contributed by atoms with E-state index >= 15 is 0 Å². The van der Waals surface area contributed by atoms with Gasteiger partial charge in [-0.05, 0) is 49.2 Å². The van der Waals surface area contributed by atoms with Crippen LogP contribution in [0.15, 0.2) is 78.5 Å². The molecule has 3 aromatic rings. The van der Waals surface area contributed by atoms with Crippen molar-refractivity contribution < 1.29 is 19.1 Å². The van der Waals surface area contributed by atoms with Crippen LogP contribution in [0.3, 0.4) is 0 Å². The Bertz CT molecular complexity index is 1230. The van der Waals surface area contributed by atoms with Crippen molar-refractivity contribution >= 4 is 23.1 Å². The van der Waals surface area contributed by atoms with Gasteiger partial charge in [0.1, 0.15) is 5.70 Å². The van der Waals surface area contributed by atoms with Gasteiger partial charge < -0.3 is 14.4 Å². The fourth-order valence-electron chi connectivity index (χ4n) is 4.18. The number of methoxy groups -OCH3 is 2. The Balaban J connectivity index is 1.78. The molecule has 6 nitrogen and oxygen atoms in total. The van der Waals surface area contributed by atoms with Crippen molar-refractivity contribution in [3.63, 3.8) is 0 Å². The van der Waals surface area contributed by atoms with Gasteiger partial charge in [-0.1, -0.05) is 54.1 Å². The Hall–Kier alpha value is -4.06. The number of carbonyl (C=O) groups is 2. The molecule has 0 saturated carbocycles. The molecule has 0 bridgehead atoms. The van der Waals surface area contributed by atoms with Crippen molar-refractivity contribution in [2.45, 2.75) is 20.4 Å². The van der Waals surface area contributed by atoms with Crippen LogP contribution in [-0.4, -0.2) is 37.5 Å². The number of hydrogen-bond donors (Lipinski definition) is 0. The highest BCUT2D eigenvalue weighted by Crippen LogP contribution is 2.36. The van der Waals surface area contributed by atoms with Gasteiger partial charge in [-0.25, -0.2) is 0 Å². The molecule has 0 saturated heterocycles. The van der Waals surface area contributed by atoms with Gasteiger partial charge in [0.2, 0.25) is 0 Å². The van der Waals surface area contributed by atoms with E-state index in [2.05, 4.69) is 0 Å². The first-order chi connectivity index (χ1) is 16.5. The zero-order valence-electron chi connectivity index (χ0n) is 19.9. The Morgan fingerprint density at radius 3 is 2.12 bits per heavy atom. The maximum Gasteiger partial charge on any atom is 0.278 e. The molecule has 4 rings (SSSR count). The Morgan fingerprint density at radius 1 is 0.824 bits per heavy atom. The van der Waals surface area contributed by atoms with Gasteiger partial charge in [-0.15, -0.1) is 0 Å². The molecule has 1 aliphatic rings. The topological polar surface area (TPSA) is 59.1 Å². The minimum absolute atomic E-state index is 0.128. The van der Waals surface area contributed by atoms with Gasteiger partial charge in [0, 0.05) is 12.2 Å². The van der Waals surface area contributed by atoms with E-state index in [-0.39, 0.29) is 18.4 Å². The molecule has 1 heterocycles. The minimum Gasteiger partial charge on any atom is -0.493 e. The number of benzene rings is 3. The van der Waals surface area contributed by atoms with Crippen LogP contribution in [0.1, 0.15) is 23.6 Å². The summed E-state index contributed by atoms with van der Waals surface area (Å²) in [6.07, 6.45) is 0. The fourth-order valence-corrected chi connectivity index (χ4v) is 4.18. The average molecular weight is 457 g/mol.